The van der Waals surface area contributed by atoms with Crippen LogP contribution in [-0.2, 0) is 9.53 Å². The largest absolute Gasteiger partial charge is 0.372 e. The van der Waals surface area contributed by atoms with Crippen molar-refractivity contribution in [2.24, 2.45) is 0 Å². The topological polar surface area (TPSA) is 38.3 Å². The predicted octanol–water partition coefficient (Wildman–Crippen LogP) is 1.42. The van der Waals surface area contributed by atoms with Crippen molar-refractivity contribution < 1.29 is 9.53 Å². The highest BCUT2D eigenvalue weighted by Gasteiger charge is 2.30. The summed E-state index contributed by atoms with van der Waals surface area (Å²) in [7, 11) is 1.55. The van der Waals surface area contributed by atoms with Crippen LogP contribution < -0.4 is 5.32 Å². The lowest BCUT2D eigenvalue weighted by Crippen LogP contribution is -2.41. The van der Waals surface area contributed by atoms with Crippen LogP contribution in [-0.4, -0.2) is 36.2 Å². The molecule has 1 fully saturated rings. The number of ether oxygens (including phenoxy) is 1. The van der Waals surface area contributed by atoms with Crippen LogP contribution in [0.4, 0.5) is 0 Å². The molecule has 1 N–H and O–H groups in total. The Labute approximate surface area is 90.0 Å². The molecule has 0 radical (unpaired) electrons. The minimum absolute atomic E-state index is 0.0128. The summed E-state index contributed by atoms with van der Waals surface area (Å²) < 4.78 is 5.18. The fraction of sp³-hybridized carbons (Fsp3) is 0.900. The third-order valence-corrected chi connectivity index (χ3v) is 4.20. The van der Waals surface area contributed by atoms with E-state index in [-0.39, 0.29) is 16.8 Å². The molecule has 14 heavy (non-hydrogen) atoms. The van der Waals surface area contributed by atoms with Gasteiger partial charge in [0.25, 0.3) is 0 Å². The molecule has 0 aromatic carbocycles. The van der Waals surface area contributed by atoms with Crippen LogP contribution in [0.3, 0.4) is 0 Å². The van der Waals surface area contributed by atoms with Gasteiger partial charge in [0.2, 0.25) is 5.91 Å². The monoisotopic (exact) mass is 217 g/mol. The van der Waals surface area contributed by atoms with Crippen molar-refractivity contribution in [3.05, 3.63) is 0 Å². The lowest BCUT2D eigenvalue weighted by molar-refractivity contribution is -0.130. The summed E-state index contributed by atoms with van der Waals surface area (Å²) in [6, 6.07) is 0. The zero-order valence-corrected chi connectivity index (χ0v) is 9.95. The maximum Gasteiger partial charge on any atom is 0.248 e. The van der Waals surface area contributed by atoms with E-state index >= 15 is 0 Å². The fourth-order valence-electron chi connectivity index (χ4n) is 1.50. The molecule has 0 aromatic heterocycles. The molecule has 1 saturated heterocycles. The first-order valence-electron chi connectivity index (χ1n) is 5.02. The van der Waals surface area contributed by atoms with Crippen molar-refractivity contribution in [2.75, 3.05) is 19.4 Å². The van der Waals surface area contributed by atoms with E-state index in [9.17, 15) is 4.79 Å². The van der Waals surface area contributed by atoms with Gasteiger partial charge in [-0.3, -0.25) is 4.79 Å². The summed E-state index contributed by atoms with van der Waals surface area (Å²) in [6.45, 7) is 4.73. The van der Waals surface area contributed by atoms with Crippen molar-refractivity contribution in [1.82, 2.24) is 5.32 Å². The number of methoxy groups -OCH3 is 1. The van der Waals surface area contributed by atoms with Crippen molar-refractivity contribution in [3.8, 4) is 0 Å². The molecule has 1 heterocycles. The Morgan fingerprint density at radius 1 is 1.71 bits per heavy atom. The Morgan fingerprint density at radius 2 is 2.43 bits per heavy atom. The van der Waals surface area contributed by atoms with Crippen molar-refractivity contribution in [1.29, 1.82) is 0 Å². The van der Waals surface area contributed by atoms with Gasteiger partial charge >= 0.3 is 0 Å². The maximum atomic E-state index is 11.4. The van der Waals surface area contributed by atoms with E-state index in [0.717, 1.165) is 6.54 Å². The molecule has 0 aliphatic carbocycles. The molecule has 4 heteroatoms. The van der Waals surface area contributed by atoms with Crippen LogP contribution in [0.15, 0.2) is 0 Å². The van der Waals surface area contributed by atoms with Gasteiger partial charge in [-0.15, -0.1) is 0 Å². The summed E-state index contributed by atoms with van der Waals surface area (Å²) in [5.74, 6) is 1.20. The highest BCUT2D eigenvalue weighted by Crippen LogP contribution is 2.36. The SMILES string of the molecule is COC(C)C(=O)NCC1(C)CCCS1. The first kappa shape index (κ1) is 11.9. The van der Waals surface area contributed by atoms with Gasteiger partial charge in [0, 0.05) is 18.4 Å². The molecule has 0 bridgehead atoms. The number of thioether (sulfide) groups is 1. The normalized spacial score (nSPS) is 28.8. The van der Waals surface area contributed by atoms with Crippen LogP contribution in [0.2, 0.25) is 0 Å². The smallest absolute Gasteiger partial charge is 0.248 e. The Kier molecular flexibility index (Phi) is 4.26. The lowest BCUT2D eigenvalue weighted by Gasteiger charge is -2.23. The molecule has 0 spiro atoms. The maximum absolute atomic E-state index is 11.4. The quantitative estimate of drug-likeness (QED) is 0.774. The first-order chi connectivity index (χ1) is 6.57. The number of hydrogen-bond acceptors (Lipinski definition) is 3. The second kappa shape index (κ2) is 5.03. The Bertz CT molecular complexity index is 202. The van der Waals surface area contributed by atoms with E-state index in [1.54, 1.807) is 14.0 Å². The molecular formula is C10H19NO2S. The Hall–Kier alpha value is -0.220. The fourth-order valence-corrected chi connectivity index (χ4v) is 2.75. The van der Waals surface area contributed by atoms with Gasteiger partial charge in [0.1, 0.15) is 6.10 Å². The minimum Gasteiger partial charge on any atom is -0.372 e. The van der Waals surface area contributed by atoms with Gasteiger partial charge < -0.3 is 10.1 Å². The van der Waals surface area contributed by atoms with Crippen LogP contribution in [0.25, 0.3) is 0 Å². The highest BCUT2D eigenvalue weighted by atomic mass is 32.2. The summed E-state index contributed by atoms with van der Waals surface area (Å²) in [5.41, 5.74) is 0. The molecule has 1 aliphatic rings. The molecule has 1 aliphatic heterocycles. The Morgan fingerprint density at radius 3 is 2.93 bits per heavy atom. The summed E-state index contributed by atoms with van der Waals surface area (Å²) in [5, 5.41) is 2.93. The number of amides is 1. The number of carbonyl (C=O) groups excluding carboxylic acids is 1. The molecule has 2 unspecified atom stereocenters. The minimum atomic E-state index is -0.343. The summed E-state index contributed by atoms with van der Waals surface area (Å²) >= 11 is 1.95. The zero-order valence-electron chi connectivity index (χ0n) is 9.13. The van der Waals surface area contributed by atoms with E-state index in [1.807, 2.05) is 11.8 Å². The zero-order chi connectivity index (χ0) is 10.6. The summed E-state index contributed by atoms with van der Waals surface area (Å²) in [4.78, 5) is 11.4. The number of rotatable bonds is 4. The lowest BCUT2D eigenvalue weighted by atomic mass is 10.1. The predicted molar refractivity (Wildman–Crippen MR) is 59.6 cm³/mol. The molecule has 1 rings (SSSR count). The van der Waals surface area contributed by atoms with Crippen molar-refractivity contribution in [2.45, 2.75) is 37.5 Å². The third kappa shape index (κ3) is 3.17. The van der Waals surface area contributed by atoms with Gasteiger partial charge in [-0.2, -0.15) is 11.8 Å². The van der Waals surface area contributed by atoms with Crippen LogP contribution >= 0.6 is 11.8 Å². The van der Waals surface area contributed by atoms with Crippen molar-refractivity contribution >= 4 is 17.7 Å². The van der Waals surface area contributed by atoms with E-state index in [2.05, 4.69) is 12.2 Å². The molecule has 82 valence electrons. The molecule has 0 saturated carbocycles. The standard InChI is InChI=1S/C10H19NO2S/c1-8(13-3)9(12)11-7-10(2)5-4-6-14-10/h8H,4-7H2,1-3H3,(H,11,12). The molecule has 1 amide bonds. The van der Waals surface area contributed by atoms with Gasteiger partial charge in [-0.05, 0) is 32.4 Å². The second-order valence-electron chi connectivity index (χ2n) is 4.00. The molecular weight excluding hydrogens is 198 g/mol. The molecule has 0 aromatic rings. The van der Waals surface area contributed by atoms with Crippen LogP contribution in [0.5, 0.6) is 0 Å². The highest BCUT2D eigenvalue weighted by molar-refractivity contribution is 8.00. The molecule has 3 nitrogen and oxygen atoms in total. The summed E-state index contributed by atoms with van der Waals surface area (Å²) in [6.07, 6.45) is 2.11. The van der Waals surface area contributed by atoms with Crippen LogP contribution in [0, 0.1) is 0 Å². The van der Waals surface area contributed by atoms with Gasteiger partial charge in [-0.25, -0.2) is 0 Å². The van der Waals surface area contributed by atoms with Crippen molar-refractivity contribution in [3.63, 3.8) is 0 Å². The average molecular weight is 217 g/mol. The van der Waals surface area contributed by atoms with E-state index in [4.69, 9.17) is 4.74 Å². The van der Waals surface area contributed by atoms with Gasteiger partial charge in [0.05, 0.1) is 0 Å². The average Bonchev–Trinajstić information content (AvgIpc) is 2.61. The van der Waals surface area contributed by atoms with E-state index < -0.39 is 0 Å². The third-order valence-electron chi connectivity index (χ3n) is 2.66. The first-order valence-corrected chi connectivity index (χ1v) is 6.00. The second-order valence-corrected chi connectivity index (χ2v) is 5.68. The molecule has 2 atom stereocenters. The number of hydrogen-bond donors (Lipinski definition) is 1. The van der Waals surface area contributed by atoms with Crippen LogP contribution in [0.1, 0.15) is 26.7 Å². The van der Waals surface area contributed by atoms with E-state index in [1.165, 1.54) is 18.6 Å². The Balaban J connectivity index is 2.29. The number of carbonyl (C=O) groups is 1. The van der Waals surface area contributed by atoms with Gasteiger partial charge in [0.15, 0.2) is 0 Å². The van der Waals surface area contributed by atoms with Gasteiger partial charge in [-0.1, -0.05) is 0 Å². The van der Waals surface area contributed by atoms with E-state index in [0.29, 0.717) is 0 Å². The number of nitrogens with one attached hydrogen (secondary N) is 1.